The molecule has 18 heavy (non-hydrogen) atoms. The highest BCUT2D eigenvalue weighted by molar-refractivity contribution is 6.06. The van der Waals surface area contributed by atoms with Crippen molar-refractivity contribution in [1.82, 2.24) is 4.98 Å². The van der Waals surface area contributed by atoms with E-state index in [2.05, 4.69) is 29.2 Å². The molecule has 2 heterocycles. The maximum atomic E-state index is 5.98. The van der Waals surface area contributed by atoms with Crippen LogP contribution in [0.1, 0.15) is 0 Å². The normalized spacial score (nSPS) is 10.9. The van der Waals surface area contributed by atoms with Crippen LogP contribution in [0.25, 0.3) is 32.7 Å². The Morgan fingerprint density at radius 2 is 1.67 bits per heavy atom. The number of benzene rings is 2. The van der Waals surface area contributed by atoms with Gasteiger partial charge in [-0.1, -0.05) is 30.3 Å². The highest BCUT2D eigenvalue weighted by Gasteiger charge is 2.05. The van der Waals surface area contributed by atoms with Crippen LogP contribution in [-0.2, 0) is 0 Å². The topological polar surface area (TPSA) is 26.0 Å². The summed E-state index contributed by atoms with van der Waals surface area (Å²) in [5, 5.41) is 4.44. The standard InChI is InChI=1S/C15H9NO.ClH/c1-2-4-14-10(3-1)7-11-5-6-12-8-16-9-13(12)15(11)17-14;/h1-9H;1H. The fourth-order valence-corrected chi connectivity index (χ4v) is 2.27. The molecule has 0 aliphatic rings. The van der Waals surface area contributed by atoms with Gasteiger partial charge in [0.25, 0.3) is 0 Å². The molecule has 0 atom stereocenters. The zero-order valence-corrected chi connectivity index (χ0v) is 10.3. The molecule has 0 aliphatic heterocycles. The summed E-state index contributed by atoms with van der Waals surface area (Å²) in [5.41, 5.74) is 1.83. The van der Waals surface area contributed by atoms with E-state index in [-0.39, 0.29) is 12.4 Å². The highest BCUT2D eigenvalue weighted by Crippen LogP contribution is 2.29. The molecule has 2 aromatic heterocycles. The van der Waals surface area contributed by atoms with Gasteiger partial charge in [0.1, 0.15) is 11.2 Å². The lowest BCUT2D eigenvalue weighted by Crippen LogP contribution is -1.76. The number of halogens is 1. The van der Waals surface area contributed by atoms with Crippen molar-refractivity contribution < 1.29 is 4.42 Å². The maximum absolute atomic E-state index is 5.98. The van der Waals surface area contributed by atoms with E-state index in [0.717, 1.165) is 32.7 Å². The molecule has 0 spiro atoms. The summed E-state index contributed by atoms with van der Waals surface area (Å²) in [4.78, 5) is 4.17. The first-order valence-corrected chi connectivity index (χ1v) is 5.57. The van der Waals surface area contributed by atoms with Crippen molar-refractivity contribution in [2.75, 3.05) is 0 Å². The van der Waals surface area contributed by atoms with Gasteiger partial charge in [-0.05, 0) is 12.1 Å². The zero-order valence-electron chi connectivity index (χ0n) is 9.46. The molecule has 88 valence electrons. The smallest absolute Gasteiger partial charge is 0.144 e. The van der Waals surface area contributed by atoms with Gasteiger partial charge in [0.05, 0.1) is 0 Å². The number of aromatic nitrogens is 1. The van der Waals surface area contributed by atoms with Gasteiger partial charge in [0, 0.05) is 33.9 Å². The van der Waals surface area contributed by atoms with Crippen LogP contribution in [0.3, 0.4) is 0 Å². The largest absolute Gasteiger partial charge is 0.455 e. The summed E-state index contributed by atoms with van der Waals surface area (Å²) in [6, 6.07) is 14.4. The number of hydrogen-bond donors (Lipinski definition) is 0. The first-order valence-electron chi connectivity index (χ1n) is 5.57. The Hall–Kier alpha value is -2.06. The van der Waals surface area contributed by atoms with Crippen LogP contribution in [0.4, 0.5) is 0 Å². The van der Waals surface area contributed by atoms with Crippen LogP contribution >= 0.6 is 12.4 Å². The Morgan fingerprint density at radius 3 is 2.61 bits per heavy atom. The van der Waals surface area contributed by atoms with E-state index >= 15 is 0 Å². The molecule has 3 heteroatoms. The summed E-state index contributed by atoms with van der Waals surface area (Å²) >= 11 is 0. The van der Waals surface area contributed by atoms with Gasteiger partial charge < -0.3 is 4.42 Å². The third kappa shape index (κ3) is 1.46. The fourth-order valence-electron chi connectivity index (χ4n) is 2.27. The predicted molar refractivity (Wildman–Crippen MR) is 76.3 cm³/mol. The van der Waals surface area contributed by atoms with E-state index in [1.54, 1.807) is 0 Å². The number of fused-ring (bicyclic) bond motifs is 4. The van der Waals surface area contributed by atoms with Crippen molar-refractivity contribution in [2.45, 2.75) is 0 Å². The summed E-state index contributed by atoms with van der Waals surface area (Å²) in [6.45, 7) is 0. The minimum atomic E-state index is 0. The Balaban J connectivity index is 0.000001000. The molecule has 0 unspecified atom stereocenters. The minimum absolute atomic E-state index is 0. The van der Waals surface area contributed by atoms with E-state index in [4.69, 9.17) is 4.42 Å². The molecule has 0 saturated heterocycles. The second kappa shape index (κ2) is 4.00. The average molecular weight is 256 g/mol. The zero-order chi connectivity index (χ0) is 11.2. The van der Waals surface area contributed by atoms with Crippen molar-refractivity contribution in [1.29, 1.82) is 0 Å². The number of para-hydroxylation sites is 1. The molecule has 4 rings (SSSR count). The van der Waals surface area contributed by atoms with E-state index < -0.39 is 0 Å². The van der Waals surface area contributed by atoms with Crippen LogP contribution in [0.5, 0.6) is 0 Å². The van der Waals surface area contributed by atoms with Crippen LogP contribution in [0, 0.1) is 0 Å². The number of rotatable bonds is 0. The molecule has 0 fully saturated rings. The summed E-state index contributed by atoms with van der Waals surface area (Å²) in [5.74, 6) is 0. The molecular formula is C15H10ClNO. The maximum Gasteiger partial charge on any atom is 0.144 e. The highest BCUT2D eigenvalue weighted by atomic mass is 35.5. The Labute approximate surface area is 110 Å². The molecule has 0 N–H and O–H groups in total. The van der Waals surface area contributed by atoms with E-state index in [1.165, 1.54) is 0 Å². The number of nitrogens with zero attached hydrogens (tertiary/aromatic N) is 1. The van der Waals surface area contributed by atoms with Gasteiger partial charge in [0.2, 0.25) is 0 Å². The third-order valence-electron chi connectivity index (χ3n) is 3.12. The second-order valence-corrected chi connectivity index (χ2v) is 4.18. The van der Waals surface area contributed by atoms with Crippen LogP contribution in [-0.4, -0.2) is 4.98 Å². The van der Waals surface area contributed by atoms with Crippen molar-refractivity contribution in [3.63, 3.8) is 0 Å². The SMILES string of the molecule is Cl.c1ccc2oc3c(ccc4cncc43)cc2c1. The molecule has 2 aromatic carbocycles. The van der Waals surface area contributed by atoms with E-state index in [0.29, 0.717) is 0 Å². The van der Waals surface area contributed by atoms with Gasteiger partial charge in [0.15, 0.2) is 0 Å². The molecule has 2 nitrogen and oxygen atoms in total. The summed E-state index contributed by atoms with van der Waals surface area (Å²) in [6.07, 6.45) is 3.72. The quantitative estimate of drug-likeness (QED) is 0.431. The first-order chi connectivity index (χ1) is 8.42. The van der Waals surface area contributed by atoms with Crippen LogP contribution in [0.2, 0.25) is 0 Å². The Kier molecular flexibility index (Phi) is 2.46. The van der Waals surface area contributed by atoms with Gasteiger partial charge in [-0.25, -0.2) is 0 Å². The minimum Gasteiger partial charge on any atom is -0.455 e. The molecule has 4 aromatic rings. The lowest BCUT2D eigenvalue weighted by atomic mass is 10.1. The molecule has 0 saturated carbocycles. The van der Waals surface area contributed by atoms with Crippen LogP contribution in [0.15, 0.2) is 59.3 Å². The molecule has 0 aliphatic carbocycles. The Bertz CT molecular complexity index is 851. The third-order valence-corrected chi connectivity index (χ3v) is 3.12. The molecule has 0 amide bonds. The lowest BCUT2D eigenvalue weighted by Gasteiger charge is -2.02. The lowest BCUT2D eigenvalue weighted by molar-refractivity contribution is 0.664. The predicted octanol–water partition coefficient (Wildman–Crippen LogP) is 4.56. The van der Waals surface area contributed by atoms with Crippen LogP contribution < -0.4 is 0 Å². The van der Waals surface area contributed by atoms with Crippen molar-refractivity contribution in [3.8, 4) is 0 Å². The molecule has 0 bridgehead atoms. The van der Waals surface area contributed by atoms with Crippen molar-refractivity contribution >= 4 is 45.1 Å². The van der Waals surface area contributed by atoms with Gasteiger partial charge >= 0.3 is 0 Å². The summed E-state index contributed by atoms with van der Waals surface area (Å²) < 4.78 is 5.98. The van der Waals surface area contributed by atoms with Crippen molar-refractivity contribution in [3.05, 3.63) is 54.9 Å². The molecular weight excluding hydrogens is 246 g/mol. The number of hydrogen-bond acceptors (Lipinski definition) is 2. The van der Waals surface area contributed by atoms with Gasteiger partial charge in [-0.15, -0.1) is 12.4 Å². The second-order valence-electron chi connectivity index (χ2n) is 4.18. The van der Waals surface area contributed by atoms with Gasteiger partial charge in [-0.2, -0.15) is 0 Å². The van der Waals surface area contributed by atoms with Gasteiger partial charge in [-0.3, -0.25) is 4.98 Å². The monoisotopic (exact) mass is 255 g/mol. The van der Waals surface area contributed by atoms with Crippen molar-refractivity contribution in [2.24, 2.45) is 0 Å². The molecule has 0 radical (unpaired) electrons. The average Bonchev–Trinajstić information content (AvgIpc) is 2.85. The first kappa shape index (κ1) is 11.1. The van der Waals surface area contributed by atoms with E-state index in [9.17, 15) is 0 Å². The fraction of sp³-hybridized carbons (Fsp3) is 0. The van der Waals surface area contributed by atoms with E-state index in [1.807, 2.05) is 30.6 Å². The Morgan fingerprint density at radius 1 is 0.833 bits per heavy atom. The summed E-state index contributed by atoms with van der Waals surface area (Å²) in [7, 11) is 0.